The maximum Gasteiger partial charge on any atom is 0.253 e. The number of ether oxygens (including phenoxy) is 1. The maximum atomic E-state index is 12.4. The summed E-state index contributed by atoms with van der Waals surface area (Å²) in [6.45, 7) is 0.810. The Labute approximate surface area is 181 Å². The molecule has 0 spiro atoms. The monoisotopic (exact) mass is 415 g/mol. The molecule has 1 saturated carbocycles. The fraction of sp³-hybridized carbons (Fsp3) is 0.333. The minimum atomic E-state index is -0.0784. The quantitative estimate of drug-likeness (QED) is 0.625. The average Bonchev–Trinajstić information content (AvgIpc) is 3.62. The Bertz CT molecular complexity index is 1180. The predicted molar refractivity (Wildman–Crippen MR) is 120 cm³/mol. The van der Waals surface area contributed by atoms with E-state index in [1.807, 2.05) is 24.3 Å². The van der Waals surface area contributed by atoms with Gasteiger partial charge in [-0.2, -0.15) is 5.26 Å². The first-order valence-corrected chi connectivity index (χ1v) is 10.4. The van der Waals surface area contributed by atoms with Crippen molar-refractivity contribution in [1.29, 1.82) is 5.26 Å². The van der Waals surface area contributed by atoms with Crippen molar-refractivity contribution in [3.05, 3.63) is 47.7 Å². The molecule has 1 heterocycles. The molecule has 0 radical (unpaired) electrons. The lowest BCUT2D eigenvalue weighted by atomic mass is 9.99. The molecule has 7 nitrogen and oxygen atoms in total. The van der Waals surface area contributed by atoms with Crippen LogP contribution in [-0.2, 0) is 0 Å². The highest BCUT2D eigenvalue weighted by Crippen LogP contribution is 2.35. The van der Waals surface area contributed by atoms with Gasteiger partial charge in [0.2, 0.25) is 0 Å². The van der Waals surface area contributed by atoms with Crippen LogP contribution in [0.1, 0.15) is 35.3 Å². The Balaban J connectivity index is 1.74. The van der Waals surface area contributed by atoms with Crippen LogP contribution in [-0.4, -0.2) is 48.8 Å². The van der Waals surface area contributed by atoms with Gasteiger partial charge in [0.1, 0.15) is 11.8 Å². The van der Waals surface area contributed by atoms with Crippen LogP contribution < -0.4 is 10.1 Å². The van der Waals surface area contributed by atoms with Crippen LogP contribution in [0.5, 0.6) is 5.75 Å². The highest BCUT2D eigenvalue weighted by molar-refractivity contribution is 5.98. The summed E-state index contributed by atoms with van der Waals surface area (Å²) < 4.78 is 5.53. The molecule has 0 bridgehead atoms. The van der Waals surface area contributed by atoms with Crippen LogP contribution in [0, 0.1) is 17.2 Å². The first kappa shape index (κ1) is 20.6. The van der Waals surface area contributed by atoms with Gasteiger partial charge in [0.25, 0.3) is 5.91 Å². The summed E-state index contributed by atoms with van der Waals surface area (Å²) in [6, 6.07) is 13.3. The molecule has 0 aliphatic heterocycles. The number of nitrogens with zero attached hydrogens (tertiary/aromatic N) is 4. The maximum absolute atomic E-state index is 12.4. The van der Waals surface area contributed by atoms with Crippen molar-refractivity contribution < 1.29 is 9.53 Å². The van der Waals surface area contributed by atoms with Crippen molar-refractivity contribution in [2.75, 3.05) is 33.1 Å². The molecule has 1 aliphatic rings. The second kappa shape index (κ2) is 8.60. The lowest BCUT2D eigenvalue weighted by molar-refractivity contribution is 0.0827. The summed E-state index contributed by atoms with van der Waals surface area (Å²) in [6.07, 6.45) is 3.68. The zero-order valence-corrected chi connectivity index (χ0v) is 18.0. The van der Waals surface area contributed by atoms with Gasteiger partial charge < -0.3 is 15.0 Å². The standard InChI is InChI=1S/C24H25N5O2/c1-29(2)24(30)17-7-9-22(31-3)19(12-17)16-6-8-18-20(13-16)27-28-21(14-25)23(18)26-11-10-15-4-5-15/h6-9,12-13,15H,4-5,10-11H2,1-3H3,(H,26,27). The van der Waals surface area contributed by atoms with Gasteiger partial charge in [-0.25, -0.2) is 0 Å². The van der Waals surface area contributed by atoms with E-state index in [2.05, 4.69) is 21.6 Å². The number of nitrogens with one attached hydrogen (secondary N) is 1. The Morgan fingerprint density at radius 1 is 1.23 bits per heavy atom. The number of anilines is 1. The Morgan fingerprint density at radius 3 is 2.71 bits per heavy atom. The third kappa shape index (κ3) is 4.29. The van der Waals surface area contributed by atoms with Gasteiger partial charge in [-0.15, -0.1) is 10.2 Å². The molecule has 1 amide bonds. The second-order valence-electron chi connectivity index (χ2n) is 8.04. The van der Waals surface area contributed by atoms with Gasteiger partial charge in [0.15, 0.2) is 5.69 Å². The van der Waals surface area contributed by atoms with E-state index in [9.17, 15) is 10.1 Å². The van der Waals surface area contributed by atoms with Gasteiger partial charge in [-0.05, 0) is 48.2 Å². The van der Waals surface area contributed by atoms with E-state index >= 15 is 0 Å². The predicted octanol–water partition coefficient (Wildman–Crippen LogP) is 4.09. The van der Waals surface area contributed by atoms with Crippen LogP contribution in [0.15, 0.2) is 36.4 Å². The van der Waals surface area contributed by atoms with E-state index in [1.54, 1.807) is 38.2 Å². The summed E-state index contributed by atoms with van der Waals surface area (Å²) in [5, 5.41) is 22.1. The number of methoxy groups -OCH3 is 1. The number of nitriles is 1. The largest absolute Gasteiger partial charge is 0.496 e. The van der Waals surface area contributed by atoms with Crippen molar-refractivity contribution in [3.63, 3.8) is 0 Å². The van der Waals surface area contributed by atoms with Gasteiger partial charge in [-0.1, -0.05) is 18.9 Å². The lowest BCUT2D eigenvalue weighted by Gasteiger charge is -2.15. The topological polar surface area (TPSA) is 91.1 Å². The zero-order valence-electron chi connectivity index (χ0n) is 18.0. The molecule has 1 N–H and O–H groups in total. The minimum Gasteiger partial charge on any atom is -0.496 e. The van der Waals surface area contributed by atoms with Crippen molar-refractivity contribution in [2.45, 2.75) is 19.3 Å². The number of hydrogen-bond donors (Lipinski definition) is 1. The summed E-state index contributed by atoms with van der Waals surface area (Å²) in [4.78, 5) is 14.0. The van der Waals surface area contributed by atoms with Gasteiger partial charge in [0, 0.05) is 37.2 Å². The molecule has 0 unspecified atom stereocenters. The minimum absolute atomic E-state index is 0.0784. The lowest BCUT2D eigenvalue weighted by Crippen LogP contribution is -2.21. The van der Waals surface area contributed by atoms with Crippen LogP contribution in [0.2, 0.25) is 0 Å². The van der Waals surface area contributed by atoms with Gasteiger partial charge in [0.05, 0.1) is 18.3 Å². The SMILES string of the molecule is COc1ccc(C(=O)N(C)C)cc1-c1ccc2c(NCCC3CC3)c(C#N)nnc2c1. The Hall–Kier alpha value is -3.66. The third-order valence-corrected chi connectivity index (χ3v) is 5.58. The van der Waals surface area contributed by atoms with Crippen molar-refractivity contribution in [1.82, 2.24) is 15.1 Å². The highest BCUT2D eigenvalue weighted by atomic mass is 16.5. The van der Waals surface area contributed by atoms with Crippen molar-refractivity contribution in [3.8, 4) is 22.9 Å². The number of fused-ring (bicyclic) bond motifs is 1. The van der Waals surface area contributed by atoms with Gasteiger partial charge >= 0.3 is 0 Å². The van der Waals surface area contributed by atoms with Gasteiger partial charge in [-0.3, -0.25) is 4.79 Å². The number of benzene rings is 2. The zero-order chi connectivity index (χ0) is 22.0. The molecule has 1 fully saturated rings. The number of carbonyl (C=O) groups is 1. The van der Waals surface area contributed by atoms with Crippen LogP contribution in [0.25, 0.3) is 22.0 Å². The number of rotatable bonds is 7. The number of aromatic nitrogens is 2. The van der Waals surface area contributed by atoms with Crippen molar-refractivity contribution >= 4 is 22.5 Å². The number of amides is 1. The molecule has 0 saturated heterocycles. The third-order valence-electron chi connectivity index (χ3n) is 5.58. The smallest absolute Gasteiger partial charge is 0.253 e. The molecule has 1 aliphatic carbocycles. The molecular formula is C24H25N5O2. The molecule has 1 aromatic heterocycles. The number of carbonyl (C=O) groups excluding carboxylic acids is 1. The summed E-state index contributed by atoms with van der Waals surface area (Å²) in [7, 11) is 5.05. The van der Waals surface area contributed by atoms with Crippen LogP contribution in [0.3, 0.4) is 0 Å². The van der Waals surface area contributed by atoms with E-state index in [0.717, 1.165) is 41.1 Å². The molecule has 158 valence electrons. The first-order chi connectivity index (χ1) is 15.0. The van der Waals surface area contributed by atoms with E-state index in [1.165, 1.54) is 12.8 Å². The van der Waals surface area contributed by atoms with Crippen LogP contribution in [0.4, 0.5) is 5.69 Å². The molecule has 2 aromatic carbocycles. The Morgan fingerprint density at radius 2 is 2.03 bits per heavy atom. The molecule has 3 aromatic rings. The van der Waals surface area contributed by atoms with Crippen LogP contribution >= 0.6 is 0 Å². The fourth-order valence-corrected chi connectivity index (χ4v) is 3.66. The van der Waals surface area contributed by atoms with Crippen molar-refractivity contribution in [2.24, 2.45) is 5.92 Å². The summed E-state index contributed by atoms with van der Waals surface area (Å²) in [5.41, 5.74) is 3.94. The fourth-order valence-electron chi connectivity index (χ4n) is 3.66. The van der Waals surface area contributed by atoms with E-state index in [0.29, 0.717) is 22.5 Å². The molecule has 31 heavy (non-hydrogen) atoms. The second-order valence-corrected chi connectivity index (χ2v) is 8.04. The molecule has 7 heteroatoms. The summed E-state index contributed by atoms with van der Waals surface area (Å²) in [5.74, 6) is 1.39. The average molecular weight is 415 g/mol. The highest BCUT2D eigenvalue weighted by Gasteiger charge is 2.21. The molecular weight excluding hydrogens is 390 g/mol. The first-order valence-electron chi connectivity index (χ1n) is 10.4. The molecule has 0 atom stereocenters. The molecule has 4 rings (SSSR count). The number of hydrogen-bond acceptors (Lipinski definition) is 6. The van der Waals surface area contributed by atoms with E-state index in [-0.39, 0.29) is 5.91 Å². The van der Waals surface area contributed by atoms with E-state index < -0.39 is 0 Å². The van der Waals surface area contributed by atoms with E-state index in [4.69, 9.17) is 4.74 Å². The Kier molecular flexibility index (Phi) is 5.72. The normalized spacial score (nSPS) is 13.0. The summed E-state index contributed by atoms with van der Waals surface area (Å²) >= 11 is 0.